The molecule has 0 aliphatic carbocycles. The number of nitrogens with one attached hydrogen (secondary N) is 1. The van der Waals surface area contributed by atoms with Gasteiger partial charge in [0.15, 0.2) is 9.84 Å². The summed E-state index contributed by atoms with van der Waals surface area (Å²) in [6.07, 6.45) is 2.62. The molecule has 2 aliphatic rings. The lowest BCUT2D eigenvalue weighted by Crippen LogP contribution is -2.36. The maximum Gasteiger partial charge on any atom is 0.240 e. The second-order valence-corrected chi connectivity index (χ2v) is 10.2. The number of carbonyl (C=O) groups is 1. The van der Waals surface area contributed by atoms with Crippen molar-refractivity contribution in [1.29, 1.82) is 0 Å². The SMILES string of the molecule is O=C1CCCCN1c1ccc(S(=O)(=O)N[C@H]2CCS(=O)(=O)C2)cc1. The van der Waals surface area contributed by atoms with Crippen molar-refractivity contribution < 1.29 is 21.6 Å². The van der Waals surface area contributed by atoms with Crippen molar-refractivity contribution in [3.8, 4) is 0 Å². The summed E-state index contributed by atoms with van der Waals surface area (Å²) in [7, 11) is -6.92. The molecule has 2 fully saturated rings. The van der Waals surface area contributed by atoms with Gasteiger partial charge in [0.2, 0.25) is 15.9 Å². The number of nitrogens with zero attached hydrogens (tertiary/aromatic N) is 1. The number of rotatable bonds is 4. The van der Waals surface area contributed by atoms with Crippen LogP contribution < -0.4 is 9.62 Å². The van der Waals surface area contributed by atoms with E-state index in [0.29, 0.717) is 25.1 Å². The molecule has 9 heteroatoms. The summed E-state index contributed by atoms with van der Waals surface area (Å²) in [5.41, 5.74) is 0.682. The lowest BCUT2D eigenvalue weighted by molar-refractivity contribution is -0.119. The standard InChI is InChI=1S/C15H20N2O5S2/c18-15-3-1-2-9-17(15)13-4-6-14(7-5-13)24(21,22)16-12-8-10-23(19,20)11-12/h4-7,12,16H,1-3,8-11H2/t12-/m0/s1. The van der Waals surface area contributed by atoms with Crippen LogP contribution in [0.4, 0.5) is 5.69 Å². The zero-order valence-electron chi connectivity index (χ0n) is 13.1. The summed E-state index contributed by atoms with van der Waals surface area (Å²) in [5, 5.41) is 0. The van der Waals surface area contributed by atoms with Crippen LogP contribution in [-0.2, 0) is 24.7 Å². The Morgan fingerprint density at radius 2 is 1.83 bits per heavy atom. The van der Waals surface area contributed by atoms with E-state index in [1.54, 1.807) is 17.0 Å². The molecule has 0 spiro atoms. The number of amides is 1. The fourth-order valence-electron chi connectivity index (χ4n) is 3.06. The third-order valence-corrected chi connectivity index (χ3v) is 7.64. The molecule has 1 aromatic rings. The molecule has 0 unspecified atom stereocenters. The molecule has 24 heavy (non-hydrogen) atoms. The molecule has 1 aromatic carbocycles. The van der Waals surface area contributed by atoms with E-state index in [1.807, 2.05) is 0 Å². The maximum atomic E-state index is 12.4. The summed E-state index contributed by atoms with van der Waals surface area (Å²) in [6.45, 7) is 0.642. The number of hydrogen-bond acceptors (Lipinski definition) is 5. The molecule has 132 valence electrons. The molecule has 7 nitrogen and oxygen atoms in total. The Morgan fingerprint density at radius 1 is 1.12 bits per heavy atom. The molecule has 0 bridgehead atoms. The zero-order chi connectivity index (χ0) is 17.4. The van der Waals surface area contributed by atoms with Crippen LogP contribution in [0.5, 0.6) is 0 Å². The van der Waals surface area contributed by atoms with E-state index in [9.17, 15) is 21.6 Å². The van der Waals surface area contributed by atoms with Gasteiger partial charge in [-0.2, -0.15) is 0 Å². The number of sulfone groups is 1. The van der Waals surface area contributed by atoms with E-state index in [4.69, 9.17) is 0 Å². The van der Waals surface area contributed by atoms with Crippen LogP contribution in [-0.4, -0.2) is 46.8 Å². The molecule has 0 radical (unpaired) electrons. The van der Waals surface area contributed by atoms with Gasteiger partial charge < -0.3 is 4.90 Å². The quantitative estimate of drug-likeness (QED) is 0.837. The van der Waals surface area contributed by atoms with Crippen LogP contribution in [0.3, 0.4) is 0 Å². The van der Waals surface area contributed by atoms with Crippen molar-refractivity contribution in [2.45, 2.75) is 36.6 Å². The summed E-state index contributed by atoms with van der Waals surface area (Å²) < 4.78 is 50.1. The highest BCUT2D eigenvalue weighted by molar-refractivity contribution is 7.92. The summed E-state index contributed by atoms with van der Waals surface area (Å²) in [4.78, 5) is 13.6. The number of anilines is 1. The lowest BCUT2D eigenvalue weighted by Gasteiger charge is -2.26. The average molecular weight is 372 g/mol. The Kier molecular flexibility index (Phi) is 4.67. The monoisotopic (exact) mass is 372 g/mol. The van der Waals surface area contributed by atoms with Gasteiger partial charge in [-0.15, -0.1) is 0 Å². The zero-order valence-corrected chi connectivity index (χ0v) is 14.8. The van der Waals surface area contributed by atoms with Crippen molar-refractivity contribution >= 4 is 31.5 Å². The topological polar surface area (TPSA) is 101 Å². The van der Waals surface area contributed by atoms with Crippen LogP contribution in [0.25, 0.3) is 0 Å². The Balaban J connectivity index is 1.73. The van der Waals surface area contributed by atoms with Crippen LogP contribution in [0.15, 0.2) is 29.2 Å². The molecule has 1 N–H and O–H groups in total. The third-order valence-electron chi connectivity index (χ3n) is 4.34. The lowest BCUT2D eigenvalue weighted by atomic mass is 10.1. The second kappa shape index (κ2) is 6.45. The minimum atomic E-state index is -3.77. The van der Waals surface area contributed by atoms with Gasteiger partial charge in [-0.05, 0) is 43.5 Å². The number of piperidine rings is 1. The third kappa shape index (κ3) is 3.79. The van der Waals surface area contributed by atoms with Crippen molar-refractivity contribution in [2.24, 2.45) is 0 Å². The van der Waals surface area contributed by atoms with Crippen LogP contribution in [0, 0.1) is 0 Å². The first kappa shape index (κ1) is 17.4. The fraction of sp³-hybridized carbons (Fsp3) is 0.533. The van der Waals surface area contributed by atoms with Gasteiger partial charge in [-0.25, -0.2) is 21.6 Å². The number of benzene rings is 1. The molecule has 3 rings (SSSR count). The van der Waals surface area contributed by atoms with E-state index in [2.05, 4.69) is 4.72 Å². The van der Waals surface area contributed by atoms with E-state index in [0.717, 1.165) is 12.8 Å². The molecule has 2 aliphatic heterocycles. The molecule has 0 saturated carbocycles. The predicted molar refractivity (Wildman–Crippen MR) is 90.0 cm³/mol. The summed E-state index contributed by atoms with van der Waals surface area (Å²) in [5.74, 6) is -0.103. The fourth-order valence-corrected chi connectivity index (χ4v) is 6.11. The minimum absolute atomic E-state index is 0.0101. The van der Waals surface area contributed by atoms with Crippen LogP contribution >= 0.6 is 0 Å². The van der Waals surface area contributed by atoms with Gasteiger partial charge in [0.05, 0.1) is 16.4 Å². The summed E-state index contributed by atoms with van der Waals surface area (Å²) in [6, 6.07) is 5.54. The second-order valence-electron chi connectivity index (χ2n) is 6.22. The first-order valence-corrected chi connectivity index (χ1v) is 11.2. The van der Waals surface area contributed by atoms with Gasteiger partial charge in [0, 0.05) is 24.7 Å². The number of sulfonamides is 1. The first-order valence-electron chi connectivity index (χ1n) is 7.90. The van der Waals surface area contributed by atoms with Crippen molar-refractivity contribution in [1.82, 2.24) is 4.72 Å². The average Bonchev–Trinajstić information content (AvgIpc) is 2.86. The highest BCUT2D eigenvalue weighted by Crippen LogP contribution is 2.23. The number of hydrogen-bond donors (Lipinski definition) is 1. The van der Waals surface area contributed by atoms with Gasteiger partial charge in [0.25, 0.3) is 0 Å². The minimum Gasteiger partial charge on any atom is -0.312 e. The van der Waals surface area contributed by atoms with Crippen molar-refractivity contribution in [3.05, 3.63) is 24.3 Å². The van der Waals surface area contributed by atoms with Gasteiger partial charge >= 0.3 is 0 Å². The van der Waals surface area contributed by atoms with Gasteiger partial charge in [-0.3, -0.25) is 4.79 Å². The molecular formula is C15H20N2O5S2. The molecule has 1 atom stereocenters. The maximum absolute atomic E-state index is 12.4. The van der Waals surface area contributed by atoms with E-state index in [1.165, 1.54) is 12.1 Å². The molecule has 1 amide bonds. The van der Waals surface area contributed by atoms with Crippen LogP contribution in [0.2, 0.25) is 0 Å². The highest BCUT2D eigenvalue weighted by atomic mass is 32.2. The summed E-state index contributed by atoms with van der Waals surface area (Å²) >= 11 is 0. The normalized spacial score (nSPS) is 24.2. The molecule has 0 aromatic heterocycles. The molecule has 2 saturated heterocycles. The Hall–Kier alpha value is -1.45. The number of carbonyl (C=O) groups excluding carboxylic acids is 1. The first-order chi connectivity index (χ1) is 11.3. The van der Waals surface area contributed by atoms with Gasteiger partial charge in [0.1, 0.15) is 0 Å². The van der Waals surface area contributed by atoms with Gasteiger partial charge in [-0.1, -0.05) is 0 Å². The highest BCUT2D eigenvalue weighted by Gasteiger charge is 2.31. The van der Waals surface area contributed by atoms with E-state index < -0.39 is 25.9 Å². The van der Waals surface area contributed by atoms with Crippen LogP contribution in [0.1, 0.15) is 25.7 Å². The molecule has 2 heterocycles. The predicted octanol–water partition coefficient (Wildman–Crippen LogP) is 0.669. The van der Waals surface area contributed by atoms with Crippen molar-refractivity contribution in [2.75, 3.05) is 23.0 Å². The smallest absolute Gasteiger partial charge is 0.240 e. The van der Waals surface area contributed by atoms with Crippen molar-refractivity contribution in [3.63, 3.8) is 0 Å². The Morgan fingerprint density at radius 3 is 2.42 bits per heavy atom. The van der Waals surface area contributed by atoms with E-state index >= 15 is 0 Å². The Labute approximate surface area is 142 Å². The largest absolute Gasteiger partial charge is 0.312 e. The van der Waals surface area contributed by atoms with E-state index in [-0.39, 0.29) is 22.3 Å². The molecular weight excluding hydrogens is 352 g/mol. The Bertz CT molecular complexity index is 831.